The molecular weight excluding hydrogens is 414 g/mol. The van der Waals surface area contributed by atoms with E-state index in [2.05, 4.69) is 16.4 Å². The van der Waals surface area contributed by atoms with Crippen LogP contribution in [0.2, 0.25) is 0 Å². The number of carbonyl (C=O) groups excluding carboxylic acids is 1. The summed E-state index contributed by atoms with van der Waals surface area (Å²) in [6.45, 7) is 6.70. The topological polar surface area (TPSA) is 64.1 Å². The van der Waals surface area contributed by atoms with Crippen molar-refractivity contribution in [2.24, 2.45) is 0 Å². The van der Waals surface area contributed by atoms with Gasteiger partial charge in [0.05, 0.1) is 10.4 Å². The Morgan fingerprint density at radius 2 is 2.07 bits per heavy atom. The zero-order chi connectivity index (χ0) is 21.1. The lowest BCUT2D eigenvalue weighted by molar-refractivity contribution is -0.118. The molecule has 160 valence electrons. The molecule has 1 N–H and O–H groups in total. The van der Waals surface area contributed by atoms with Crippen LogP contribution in [0.1, 0.15) is 52.4 Å². The molecule has 30 heavy (non-hydrogen) atoms. The number of nitrogens with zero attached hydrogens (tertiary/aromatic N) is 2. The highest BCUT2D eigenvalue weighted by Gasteiger charge is 2.25. The molecule has 0 aliphatic carbocycles. The maximum Gasteiger partial charge on any atom is 0.138 e. The molecule has 7 heteroatoms. The Balaban J connectivity index is 1.62. The van der Waals surface area contributed by atoms with Crippen molar-refractivity contribution in [1.82, 2.24) is 15.3 Å². The Bertz CT molecular complexity index is 1050. The number of unbranched alkanes of at least 4 members (excludes halogenated alkanes) is 2. The van der Waals surface area contributed by atoms with Gasteiger partial charge in [-0.1, -0.05) is 6.42 Å². The van der Waals surface area contributed by atoms with Crippen molar-refractivity contribution in [3.05, 3.63) is 32.8 Å². The molecule has 0 saturated heterocycles. The van der Waals surface area contributed by atoms with Gasteiger partial charge in [-0.25, -0.2) is 4.98 Å². The van der Waals surface area contributed by atoms with Gasteiger partial charge in [-0.3, -0.25) is 9.78 Å². The van der Waals surface area contributed by atoms with Crippen molar-refractivity contribution >= 4 is 38.7 Å². The SMILES string of the molecule is COCCCCCC(=O)Cc1sc2c(c1-c1nc3c(C)nc(C)cc3s1)CCNC2. The number of Topliss-reactive ketones (excluding diaryl/α,β-unsaturated/α-hetero) is 1. The number of thiazole rings is 1. The summed E-state index contributed by atoms with van der Waals surface area (Å²) >= 11 is 3.53. The standard InChI is InChI=1S/C23H29N3O2S2/c1-14-11-19-22(15(2)25-14)26-23(30-19)21-17-8-9-24-13-20(17)29-18(21)12-16(27)7-5-4-6-10-28-3/h11,24H,4-10,12-13H2,1-3H3. The predicted molar refractivity (Wildman–Crippen MR) is 125 cm³/mol. The second-order valence-corrected chi connectivity index (χ2v) is 10.2. The number of methoxy groups -OCH3 is 1. The Kier molecular flexibility index (Phi) is 6.93. The molecule has 0 fully saturated rings. The molecule has 1 aliphatic rings. The van der Waals surface area contributed by atoms with Crippen LogP contribution >= 0.6 is 22.7 Å². The largest absolute Gasteiger partial charge is 0.385 e. The molecule has 0 saturated carbocycles. The van der Waals surface area contributed by atoms with Gasteiger partial charge in [-0.15, -0.1) is 22.7 Å². The highest BCUT2D eigenvalue weighted by atomic mass is 32.1. The number of ketones is 1. The van der Waals surface area contributed by atoms with E-state index in [4.69, 9.17) is 9.72 Å². The van der Waals surface area contributed by atoms with E-state index in [1.807, 2.05) is 13.8 Å². The van der Waals surface area contributed by atoms with Gasteiger partial charge in [-0.2, -0.15) is 0 Å². The minimum Gasteiger partial charge on any atom is -0.385 e. The average Bonchev–Trinajstić information content (AvgIpc) is 3.28. The first kappa shape index (κ1) is 21.6. The van der Waals surface area contributed by atoms with E-state index in [1.165, 1.54) is 25.6 Å². The first-order chi connectivity index (χ1) is 14.6. The quantitative estimate of drug-likeness (QED) is 0.472. The summed E-state index contributed by atoms with van der Waals surface area (Å²) in [5, 5.41) is 4.51. The summed E-state index contributed by atoms with van der Waals surface area (Å²) in [7, 11) is 1.72. The number of nitrogens with one attached hydrogen (secondary N) is 1. The van der Waals surface area contributed by atoms with Crippen molar-refractivity contribution in [1.29, 1.82) is 0 Å². The smallest absolute Gasteiger partial charge is 0.138 e. The maximum absolute atomic E-state index is 12.7. The van der Waals surface area contributed by atoms with E-state index in [0.717, 1.165) is 67.3 Å². The summed E-state index contributed by atoms with van der Waals surface area (Å²) < 4.78 is 6.28. The van der Waals surface area contributed by atoms with E-state index in [9.17, 15) is 4.79 Å². The summed E-state index contributed by atoms with van der Waals surface area (Å²) in [4.78, 5) is 24.9. The summed E-state index contributed by atoms with van der Waals surface area (Å²) in [5.74, 6) is 0.329. The third-order valence-electron chi connectivity index (χ3n) is 5.56. The molecule has 0 atom stereocenters. The highest BCUT2D eigenvalue weighted by Crippen LogP contribution is 2.42. The normalized spacial score (nSPS) is 13.7. The summed E-state index contributed by atoms with van der Waals surface area (Å²) in [6.07, 6.45) is 5.16. The van der Waals surface area contributed by atoms with Crippen LogP contribution in [-0.2, 0) is 28.9 Å². The van der Waals surface area contributed by atoms with Gasteiger partial charge in [0.25, 0.3) is 0 Å². The van der Waals surface area contributed by atoms with Crippen molar-refractivity contribution in [2.75, 3.05) is 20.3 Å². The summed E-state index contributed by atoms with van der Waals surface area (Å²) in [6, 6.07) is 2.12. The van der Waals surface area contributed by atoms with Crippen LogP contribution < -0.4 is 5.32 Å². The number of rotatable bonds is 9. The number of hydrogen-bond acceptors (Lipinski definition) is 7. The zero-order valence-corrected chi connectivity index (χ0v) is 19.6. The van der Waals surface area contributed by atoms with Gasteiger partial charge in [0, 0.05) is 54.1 Å². The lowest BCUT2D eigenvalue weighted by Gasteiger charge is -2.13. The molecule has 5 nitrogen and oxygen atoms in total. The molecule has 4 heterocycles. The fraction of sp³-hybridized carbons (Fsp3) is 0.522. The highest BCUT2D eigenvalue weighted by molar-refractivity contribution is 7.22. The van der Waals surface area contributed by atoms with Crippen molar-refractivity contribution in [2.45, 2.75) is 58.9 Å². The lowest BCUT2D eigenvalue weighted by Crippen LogP contribution is -2.22. The van der Waals surface area contributed by atoms with Gasteiger partial charge < -0.3 is 10.1 Å². The molecule has 4 rings (SSSR count). The van der Waals surface area contributed by atoms with E-state index < -0.39 is 0 Å². The number of hydrogen-bond donors (Lipinski definition) is 1. The molecule has 0 amide bonds. The van der Waals surface area contributed by atoms with Crippen LogP contribution in [0.3, 0.4) is 0 Å². The predicted octanol–water partition coefficient (Wildman–Crippen LogP) is 5.00. The molecule has 0 bridgehead atoms. The third kappa shape index (κ3) is 4.64. The van der Waals surface area contributed by atoms with E-state index in [0.29, 0.717) is 18.6 Å². The van der Waals surface area contributed by atoms with E-state index >= 15 is 0 Å². The first-order valence-corrected chi connectivity index (χ1v) is 12.3. The number of ether oxygens (including phenoxy) is 1. The van der Waals surface area contributed by atoms with Gasteiger partial charge in [0.1, 0.15) is 16.3 Å². The number of carbonyl (C=O) groups is 1. The number of aromatic nitrogens is 2. The molecule has 0 spiro atoms. The molecule has 0 radical (unpaired) electrons. The Labute approximate surface area is 185 Å². The van der Waals surface area contributed by atoms with Gasteiger partial charge >= 0.3 is 0 Å². The third-order valence-corrected chi connectivity index (χ3v) is 7.81. The van der Waals surface area contributed by atoms with E-state index in [1.54, 1.807) is 29.8 Å². The fourth-order valence-corrected chi connectivity index (χ4v) is 6.74. The second kappa shape index (κ2) is 9.64. The monoisotopic (exact) mass is 443 g/mol. The maximum atomic E-state index is 12.7. The van der Waals surface area contributed by atoms with Crippen LogP contribution in [-0.4, -0.2) is 36.0 Å². The van der Waals surface area contributed by atoms with Crippen LogP contribution in [0, 0.1) is 13.8 Å². The van der Waals surface area contributed by atoms with Gasteiger partial charge in [-0.05, 0) is 51.3 Å². The molecule has 3 aromatic rings. The molecule has 0 aromatic carbocycles. The molecule has 0 unspecified atom stereocenters. The molecule has 1 aliphatic heterocycles. The van der Waals surface area contributed by atoms with Crippen molar-refractivity contribution in [3.8, 4) is 10.6 Å². The van der Waals surface area contributed by atoms with Crippen LogP contribution in [0.5, 0.6) is 0 Å². The second-order valence-electron chi connectivity index (χ2n) is 7.96. The van der Waals surface area contributed by atoms with Crippen LogP contribution in [0.15, 0.2) is 6.07 Å². The van der Waals surface area contributed by atoms with Crippen molar-refractivity contribution in [3.63, 3.8) is 0 Å². The molecular formula is C23H29N3O2S2. The first-order valence-electron chi connectivity index (χ1n) is 10.7. The van der Waals surface area contributed by atoms with Gasteiger partial charge in [0.2, 0.25) is 0 Å². The lowest BCUT2D eigenvalue weighted by atomic mass is 10.00. The van der Waals surface area contributed by atoms with E-state index in [-0.39, 0.29) is 0 Å². The Morgan fingerprint density at radius 1 is 1.20 bits per heavy atom. The fourth-order valence-electron chi connectivity index (χ4n) is 4.11. The Morgan fingerprint density at radius 3 is 2.90 bits per heavy atom. The minimum atomic E-state index is 0.329. The minimum absolute atomic E-state index is 0.329. The summed E-state index contributed by atoms with van der Waals surface area (Å²) in [5.41, 5.74) is 5.61. The number of fused-ring (bicyclic) bond motifs is 2. The average molecular weight is 444 g/mol. The van der Waals surface area contributed by atoms with Crippen LogP contribution in [0.4, 0.5) is 0 Å². The van der Waals surface area contributed by atoms with Gasteiger partial charge in [0.15, 0.2) is 0 Å². The molecule has 3 aromatic heterocycles. The number of aryl methyl sites for hydroxylation is 2. The number of pyridine rings is 1. The van der Waals surface area contributed by atoms with Crippen LogP contribution in [0.25, 0.3) is 20.8 Å². The number of thiophene rings is 1. The Hall–Kier alpha value is -1.67. The zero-order valence-electron chi connectivity index (χ0n) is 18.0. The van der Waals surface area contributed by atoms with Crippen molar-refractivity contribution < 1.29 is 9.53 Å².